The van der Waals surface area contributed by atoms with Gasteiger partial charge in [-0.25, -0.2) is 0 Å². The zero-order valence-corrected chi connectivity index (χ0v) is 12.6. The van der Waals surface area contributed by atoms with E-state index in [0.29, 0.717) is 6.61 Å². The predicted octanol–water partition coefficient (Wildman–Crippen LogP) is 2.67. The van der Waals surface area contributed by atoms with Crippen molar-refractivity contribution in [1.82, 2.24) is 10.6 Å². The highest BCUT2D eigenvalue weighted by Gasteiger charge is 2.06. The Balaban J connectivity index is 1.58. The summed E-state index contributed by atoms with van der Waals surface area (Å²) in [6.07, 6.45) is 1.10. The van der Waals surface area contributed by atoms with Gasteiger partial charge in [0, 0.05) is 18.7 Å². The van der Waals surface area contributed by atoms with Crippen LogP contribution in [0.1, 0.15) is 6.42 Å². The summed E-state index contributed by atoms with van der Waals surface area (Å²) in [7, 11) is 0. The van der Waals surface area contributed by atoms with Gasteiger partial charge in [-0.3, -0.25) is 4.99 Å². The third-order valence-electron chi connectivity index (χ3n) is 3.52. The van der Waals surface area contributed by atoms with Gasteiger partial charge in [0.1, 0.15) is 12.4 Å². The molecule has 0 spiro atoms. The minimum Gasteiger partial charge on any atom is -0.491 e. The van der Waals surface area contributed by atoms with Crippen molar-refractivity contribution in [2.24, 2.45) is 4.99 Å². The molecule has 0 aliphatic carbocycles. The number of benzene rings is 2. The monoisotopic (exact) mass is 295 g/mol. The molecule has 2 N–H and O–H groups in total. The Morgan fingerprint density at radius 1 is 1.05 bits per heavy atom. The summed E-state index contributed by atoms with van der Waals surface area (Å²) in [6.45, 7) is 3.22. The maximum absolute atomic E-state index is 5.94. The highest BCUT2D eigenvalue weighted by molar-refractivity contribution is 5.80. The second-order valence-corrected chi connectivity index (χ2v) is 5.15. The minimum atomic E-state index is 0.602. The van der Waals surface area contributed by atoms with Gasteiger partial charge in [0.2, 0.25) is 0 Å². The van der Waals surface area contributed by atoms with Crippen molar-refractivity contribution in [2.45, 2.75) is 6.42 Å². The molecule has 3 rings (SSSR count). The third kappa shape index (κ3) is 3.79. The number of rotatable bonds is 5. The lowest BCUT2D eigenvalue weighted by Crippen LogP contribution is -2.42. The molecule has 0 saturated heterocycles. The van der Waals surface area contributed by atoms with E-state index < -0.39 is 0 Å². The van der Waals surface area contributed by atoms with E-state index in [1.54, 1.807) is 0 Å². The molecule has 0 fully saturated rings. The number of guanidine groups is 1. The van der Waals surface area contributed by atoms with E-state index in [4.69, 9.17) is 4.74 Å². The molecule has 2 aromatic rings. The highest BCUT2D eigenvalue weighted by atomic mass is 16.5. The van der Waals surface area contributed by atoms with E-state index in [1.807, 2.05) is 36.4 Å². The quantitative estimate of drug-likeness (QED) is 0.834. The fourth-order valence-corrected chi connectivity index (χ4v) is 2.43. The Morgan fingerprint density at radius 2 is 1.86 bits per heavy atom. The van der Waals surface area contributed by atoms with Gasteiger partial charge >= 0.3 is 0 Å². The highest BCUT2D eigenvalue weighted by Crippen LogP contribution is 2.29. The molecule has 114 valence electrons. The first kappa shape index (κ1) is 14.4. The van der Waals surface area contributed by atoms with Crippen molar-refractivity contribution in [3.63, 3.8) is 0 Å². The van der Waals surface area contributed by atoms with Crippen molar-refractivity contribution in [1.29, 1.82) is 0 Å². The fourth-order valence-electron chi connectivity index (χ4n) is 2.43. The smallest absolute Gasteiger partial charge is 0.191 e. The van der Waals surface area contributed by atoms with Gasteiger partial charge in [0.25, 0.3) is 0 Å². The lowest BCUT2D eigenvalue weighted by Gasteiger charge is -2.16. The molecule has 4 nitrogen and oxygen atoms in total. The van der Waals surface area contributed by atoms with E-state index in [1.165, 1.54) is 5.56 Å². The van der Waals surface area contributed by atoms with E-state index in [-0.39, 0.29) is 0 Å². The predicted molar refractivity (Wildman–Crippen MR) is 90.3 cm³/mol. The summed E-state index contributed by atoms with van der Waals surface area (Å²) in [4.78, 5) is 4.38. The van der Waals surface area contributed by atoms with Crippen LogP contribution in [0.4, 0.5) is 0 Å². The Bertz CT molecular complexity index is 625. The lowest BCUT2D eigenvalue weighted by atomic mass is 10.1. The normalized spacial score (nSPS) is 13.9. The average Bonchev–Trinajstić information content (AvgIpc) is 2.61. The molecular formula is C18H21N3O. The van der Waals surface area contributed by atoms with Crippen LogP contribution in [0.25, 0.3) is 11.1 Å². The van der Waals surface area contributed by atoms with Gasteiger partial charge in [-0.1, -0.05) is 48.5 Å². The molecule has 22 heavy (non-hydrogen) atoms. The van der Waals surface area contributed by atoms with E-state index in [9.17, 15) is 0 Å². The SMILES string of the molecule is c1ccc(-c2ccccc2OCCNC2=NCCCN2)cc1. The number of hydrogen-bond acceptors (Lipinski definition) is 4. The van der Waals surface area contributed by atoms with Crippen LogP contribution in [-0.4, -0.2) is 32.2 Å². The number of aliphatic imine (C=N–C) groups is 1. The first-order valence-electron chi connectivity index (χ1n) is 7.73. The van der Waals surface area contributed by atoms with Crippen LogP contribution in [0.3, 0.4) is 0 Å². The maximum Gasteiger partial charge on any atom is 0.191 e. The van der Waals surface area contributed by atoms with Crippen LogP contribution < -0.4 is 15.4 Å². The van der Waals surface area contributed by atoms with Gasteiger partial charge in [-0.15, -0.1) is 0 Å². The molecule has 1 aliphatic rings. The van der Waals surface area contributed by atoms with Gasteiger partial charge in [0.05, 0.1) is 6.54 Å². The molecule has 1 aliphatic heterocycles. The largest absolute Gasteiger partial charge is 0.491 e. The lowest BCUT2D eigenvalue weighted by molar-refractivity contribution is 0.323. The van der Waals surface area contributed by atoms with Crippen LogP contribution >= 0.6 is 0 Å². The molecular weight excluding hydrogens is 274 g/mol. The second kappa shape index (κ2) is 7.50. The summed E-state index contributed by atoms with van der Waals surface area (Å²) < 4.78 is 5.94. The topological polar surface area (TPSA) is 45.6 Å². The zero-order valence-electron chi connectivity index (χ0n) is 12.6. The second-order valence-electron chi connectivity index (χ2n) is 5.15. The summed E-state index contributed by atoms with van der Waals surface area (Å²) in [5, 5.41) is 6.50. The van der Waals surface area contributed by atoms with Crippen LogP contribution in [0.2, 0.25) is 0 Å². The van der Waals surface area contributed by atoms with Crippen LogP contribution in [-0.2, 0) is 0 Å². The number of nitrogens with one attached hydrogen (secondary N) is 2. The van der Waals surface area contributed by atoms with E-state index in [2.05, 4.69) is 33.8 Å². The standard InChI is InChI=1S/C18H21N3O/c1-2-7-15(8-3-1)16-9-4-5-10-17(16)22-14-13-21-18-19-11-6-12-20-18/h1-5,7-10H,6,11-14H2,(H2,19,20,21). The van der Waals surface area contributed by atoms with Gasteiger partial charge in [0.15, 0.2) is 5.96 Å². The van der Waals surface area contributed by atoms with Crippen LogP contribution in [0.15, 0.2) is 59.6 Å². The Kier molecular flexibility index (Phi) is 4.92. The third-order valence-corrected chi connectivity index (χ3v) is 3.52. The number of para-hydroxylation sites is 1. The number of nitrogens with zero attached hydrogens (tertiary/aromatic N) is 1. The van der Waals surface area contributed by atoms with Gasteiger partial charge < -0.3 is 15.4 Å². The number of ether oxygens (including phenoxy) is 1. The Hall–Kier alpha value is -2.49. The summed E-state index contributed by atoms with van der Waals surface area (Å²) in [5.41, 5.74) is 2.29. The summed E-state index contributed by atoms with van der Waals surface area (Å²) in [6, 6.07) is 18.4. The molecule has 0 aromatic heterocycles. The van der Waals surface area contributed by atoms with Crippen LogP contribution in [0.5, 0.6) is 5.75 Å². The van der Waals surface area contributed by atoms with Crippen molar-refractivity contribution in [3.05, 3.63) is 54.6 Å². The fraction of sp³-hybridized carbons (Fsp3) is 0.278. The van der Waals surface area contributed by atoms with Crippen molar-refractivity contribution in [3.8, 4) is 16.9 Å². The van der Waals surface area contributed by atoms with E-state index >= 15 is 0 Å². The zero-order chi connectivity index (χ0) is 15.0. The summed E-state index contributed by atoms with van der Waals surface area (Å²) in [5.74, 6) is 1.79. The molecule has 2 aromatic carbocycles. The van der Waals surface area contributed by atoms with Gasteiger partial charge in [-0.05, 0) is 18.1 Å². The minimum absolute atomic E-state index is 0.602. The van der Waals surface area contributed by atoms with Crippen molar-refractivity contribution < 1.29 is 4.74 Å². The molecule has 0 amide bonds. The van der Waals surface area contributed by atoms with E-state index in [0.717, 1.165) is 43.3 Å². The van der Waals surface area contributed by atoms with Crippen LogP contribution in [0, 0.1) is 0 Å². The van der Waals surface area contributed by atoms with Gasteiger partial charge in [-0.2, -0.15) is 0 Å². The summed E-state index contributed by atoms with van der Waals surface area (Å²) >= 11 is 0. The molecule has 0 bridgehead atoms. The molecule has 0 atom stereocenters. The van der Waals surface area contributed by atoms with Crippen molar-refractivity contribution in [2.75, 3.05) is 26.2 Å². The first-order valence-corrected chi connectivity index (χ1v) is 7.73. The Labute approximate surface area is 131 Å². The molecule has 0 radical (unpaired) electrons. The maximum atomic E-state index is 5.94. The Morgan fingerprint density at radius 3 is 2.68 bits per heavy atom. The van der Waals surface area contributed by atoms with Crippen molar-refractivity contribution >= 4 is 5.96 Å². The molecule has 1 heterocycles. The average molecular weight is 295 g/mol. The molecule has 4 heteroatoms. The molecule has 0 saturated carbocycles. The first-order chi connectivity index (χ1) is 10.9. The number of hydrogen-bond donors (Lipinski definition) is 2. The molecule has 0 unspecified atom stereocenters.